The van der Waals surface area contributed by atoms with Crippen LogP contribution in [0, 0.1) is 5.92 Å². The van der Waals surface area contributed by atoms with E-state index in [-0.39, 0.29) is 13.0 Å². The Labute approximate surface area is 76.5 Å². The van der Waals surface area contributed by atoms with Crippen LogP contribution in [0.3, 0.4) is 0 Å². The summed E-state index contributed by atoms with van der Waals surface area (Å²) in [5.41, 5.74) is 0. The fourth-order valence-electron chi connectivity index (χ4n) is 1.58. The molecule has 0 radical (unpaired) electrons. The minimum absolute atomic E-state index is 0.0171. The van der Waals surface area contributed by atoms with Gasteiger partial charge in [-0.2, -0.15) is 26.3 Å². The van der Waals surface area contributed by atoms with E-state index in [1.807, 2.05) is 5.32 Å². The zero-order valence-corrected chi connectivity index (χ0v) is 7.04. The zero-order valence-electron chi connectivity index (χ0n) is 7.04. The number of alkyl halides is 6. The molecule has 0 aromatic heterocycles. The summed E-state index contributed by atoms with van der Waals surface area (Å²) in [6.45, 7) is -0.0171. The van der Waals surface area contributed by atoms with Gasteiger partial charge in [0, 0.05) is 0 Å². The van der Waals surface area contributed by atoms with Crippen LogP contribution in [0.15, 0.2) is 0 Å². The van der Waals surface area contributed by atoms with Gasteiger partial charge in [-0.1, -0.05) is 0 Å². The molecule has 2 unspecified atom stereocenters. The summed E-state index contributed by atoms with van der Waals surface area (Å²) < 4.78 is 73.0. The second-order valence-electron chi connectivity index (χ2n) is 3.26. The monoisotopic (exact) mass is 221 g/mol. The van der Waals surface area contributed by atoms with Crippen molar-refractivity contribution in [2.75, 3.05) is 6.54 Å². The molecular weight excluding hydrogens is 212 g/mol. The van der Waals surface area contributed by atoms with Crippen molar-refractivity contribution in [3.05, 3.63) is 0 Å². The van der Waals surface area contributed by atoms with Crippen LogP contribution in [0.1, 0.15) is 12.8 Å². The molecule has 2 atom stereocenters. The lowest BCUT2D eigenvalue weighted by molar-refractivity contribution is -0.242. The summed E-state index contributed by atoms with van der Waals surface area (Å²) >= 11 is 0. The van der Waals surface area contributed by atoms with Crippen molar-refractivity contribution in [3.8, 4) is 0 Å². The van der Waals surface area contributed by atoms with Crippen molar-refractivity contribution < 1.29 is 26.3 Å². The molecule has 1 saturated heterocycles. The Morgan fingerprint density at radius 3 is 1.86 bits per heavy atom. The molecule has 0 spiro atoms. The second-order valence-corrected chi connectivity index (χ2v) is 3.26. The normalized spacial score (nSPS) is 30.4. The Morgan fingerprint density at radius 1 is 0.929 bits per heavy atom. The van der Waals surface area contributed by atoms with E-state index in [1.54, 1.807) is 0 Å². The Kier molecular flexibility index (Phi) is 2.99. The first-order valence-corrected chi connectivity index (χ1v) is 4.10. The SMILES string of the molecule is FC(F)(F)C1CCCNC1C(F)(F)F. The summed E-state index contributed by atoms with van der Waals surface area (Å²) in [7, 11) is 0. The standard InChI is InChI=1S/C7H9F6N/c8-6(9,10)4-2-1-3-14-5(4)7(11,12)13/h4-5,14H,1-3H2. The molecule has 1 nitrogen and oxygen atoms in total. The molecule has 1 aliphatic rings. The van der Waals surface area contributed by atoms with Gasteiger partial charge in [-0.05, 0) is 19.4 Å². The lowest BCUT2D eigenvalue weighted by Gasteiger charge is -2.34. The zero-order chi connectivity index (χ0) is 11.0. The van der Waals surface area contributed by atoms with Gasteiger partial charge in [-0.3, -0.25) is 0 Å². The van der Waals surface area contributed by atoms with Crippen molar-refractivity contribution in [1.82, 2.24) is 5.32 Å². The smallest absolute Gasteiger partial charge is 0.306 e. The van der Waals surface area contributed by atoms with Gasteiger partial charge in [0.1, 0.15) is 6.04 Å². The summed E-state index contributed by atoms with van der Waals surface area (Å²) in [5.74, 6) is -2.31. The third-order valence-corrected chi connectivity index (χ3v) is 2.23. The molecule has 0 amide bonds. The number of halogens is 6. The Hall–Kier alpha value is -0.460. The molecule has 1 heterocycles. The van der Waals surface area contributed by atoms with Crippen LogP contribution in [-0.4, -0.2) is 24.9 Å². The molecule has 14 heavy (non-hydrogen) atoms. The van der Waals surface area contributed by atoms with E-state index in [4.69, 9.17) is 0 Å². The van der Waals surface area contributed by atoms with Gasteiger partial charge in [0.2, 0.25) is 0 Å². The van der Waals surface area contributed by atoms with Crippen LogP contribution in [0.5, 0.6) is 0 Å². The van der Waals surface area contributed by atoms with Crippen LogP contribution >= 0.6 is 0 Å². The molecule has 0 aromatic rings. The molecule has 1 rings (SSSR count). The first-order valence-electron chi connectivity index (χ1n) is 4.10. The van der Waals surface area contributed by atoms with Gasteiger partial charge < -0.3 is 5.32 Å². The molecule has 0 aromatic carbocycles. The molecule has 0 bridgehead atoms. The lowest BCUT2D eigenvalue weighted by Crippen LogP contribution is -2.55. The summed E-state index contributed by atoms with van der Waals surface area (Å²) in [5, 5.41) is 1.87. The molecule has 7 heteroatoms. The first kappa shape index (κ1) is 11.6. The Balaban J connectivity index is 2.80. The topological polar surface area (TPSA) is 12.0 Å². The average molecular weight is 221 g/mol. The first-order chi connectivity index (χ1) is 6.23. The minimum atomic E-state index is -4.83. The highest BCUT2D eigenvalue weighted by Crippen LogP contribution is 2.40. The maximum absolute atomic E-state index is 12.2. The number of nitrogens with one attached hydrogen (secondary N) is 1. The van der Waals surface area contributed by atoms with Gasteiger partial charge in [0.25, 0.3) is 0 Å². The van der Waals surface area contributed by atoms with Crippen molar-refractivity contribution >= 4 is 0 Å². The fourth-order valence-corrected chi connectivity index (χ4v) is 1.58. The van der Waals surface area contributed by atoms with Crippen LogP contribution < -0.4 is 5.32 Å². The molecular formula is C7H9F6N. The van der Waals surface area contributed by atoms with Crippen LogP contribution in [0.2, 0.25) is 0 Å². The highest BCUT2D eigenvalue weighted by Gasteiger charge is 2.55. The highest BCUT2D eigenvalue weighted by atomic mass is 19.4. The van der Waals surface area contributed by atoms with Crippen molar-refractivity contribution in [2.45, 2.75) is 31.2 Å². The number of hydrogen-bond donors (Lipinski definition) is 1. The van der Waals surface area contributed by atoms with E-state index in [9.17, 15) is 26.3 Å². The van der Waals surface area contributed by atoms with E-state index in [0.717, 1.165) is 0 Å². The summed E-state index contributed by atoms with van der Waals surface area (Å²) in [4.78, 5) is 0. The average Bonchev–Trinajstić information content (AvgIpc) is 2.01. The van der Waals surface area contributed by atoms with Crippen LogP contribution in [0.4, 0.5) is 26.3 Å². The number of piperidine rings is 1. The van der Waals surface area contributed by atoms with Crippen molar-refractivity contribution in [1.29, 1.82) is 0 Å². The van der Waals surface area contributed by atoms with E-state index < -0.39 is 30.7 Å². The number of hydrogen-bond acceptors (Lipinski definition) is 1. The quantitative estimate of drug-likeness (QED) is 0.619. The maximum Gasteiger partial charge on any atom is 0.404 e. The Morgan fingerprint density at radius 2 is 1.50 bits per heavy atom. The van der Waals surface area contributed by atoms with Crippen LogP contribution in [-0.2, 0) is 0 Å². The largest absolute Gasteiger partial charge is 0.404 e. The predicted octanol–water partition coefficient (Wildman–Crippen LogP) is 2.48. The number of rotatable bonds is 0. The summed E-state index contributed by atoms with van der Waals surface area (Å²) in [6.07, 6.45) is -9.95. The van der Waals surface area contributed by atoms with Gasteiger partial charge >= 0.3 is 12.4 Å². The Bertz CT molecular complexity index is 173. The highest BCUT2D eigenvalue weighted by molar-refractivity contribution is 4.90. The molecule has 1 N–H and O–H groups in total. The molecule has 1 fully saturated rings. The predicted molar refractivity (Wildman–Crippen MR) is 36.6 cm³/mol. The van der Waals surface area contributed by atoms with E-state index in [2.05, 4.69) is 0 Å². The second kappa shape index (κ2) is 3.60. The van der Waals surface area contributed by atoms with Crippen molar-refractivity contribution in [2.24, 2.45) is 5.92 Å². The minimum Gasteiger partial charge on any atom is -0.306 e. The third kappa shape index (κ3) is 2.52. The molecule has 0 saturated carbocycles. The van der Waals surface area contributed by atoms with E-state index in [0.29, 0.717) is 0 Å². The van der Waals surface area contributed by atoms with E-state index >= 15 is 0 Å². The van der Waals surface area contributed by atoms with Gasteiger partial charge in [0.15, 0.2) is 0 Å². The third-order valence-electron chi connectivity index (χ3n) is 2.23. The van der Waals surface area contributed by atoms with E-state index in [1.165, 1.54) is 0 Å². The van der Waals surface area contributed by atoms with Gasteiger partial charge in [0.05, 0.1) is 5.92 Å². The molecule has 0 aliphatic carbocycles. The van der Waals surface area contributed by atoms with Crippen molar-refractivity contribution in [3.63, 3.8) is 0 Å². The maximum atomic E-state index is 12.2. The van der Waals surface area contributed by atoms with Gasteiger partial charge in [-0.25, -0.2) is 0 Å². The summed E-state index contributed by atoms with van der Waals surface area (Å²) in [6, 6.07) is -2.45. The van der Waals surface area contributed by atoms with Gasteiger partial charge in [-0.15, -0.1) is 0 Å². The lowest BCUT2D eigenvalue weighted by atomic mass is 9.90. The molecule has 1 aliphatic heterocycles. The van der Waals surface area contributed by atoms with Crippen LogP contribution in [0.25, 0.3) is 0 Å². The molecule has 84 valence electrons. The fraction of sp³-hybridized carbons (Fsp3) is 1.00.